The topological polar surface area (TPSA) is 132 Å². The molecule has 2 atom stereocenters. The molecule has 1 aromatic carbocycles. The number of aryl methyl sites for hydroxylation is 2. The summed E-state index contributed by atoms with van der Waals surface area (Å²) in [6.07, 6.45) is 5.50. The van der Waals surface area contributed by atoms with E-state index in [-0.39, 0.29) is 55.4 Å². The zero-order chi connectivity index (χ0) is 30.5. The molecule has 0 aliphatic carbocycles. The third kappa shape index (κ3) is 6.95. The van der Waals surface area contributed by atoms with E-state index in [4.69, 9.17) is 4.74 Å². The number of nitrogens with one attached hydrogen (secondary N) is 1. The van der Waals surface area contributed by atoms with Crippen molar-refractivity contribution in [1.82, 2.24) is 34.7 Å². The predicted octanol–water partition coefficient (Wildman–Crippen LogP) is 1.81. The van der Waals surface area contributed by atoms with E-state index >= 15 is 0 Å². The summed E-state index contributed by atoms with van der Waals surface area (Å²) in [4.78, 5) is 55.5. The Labute approximate surface area is 250 Å². The normalized spacial score (nSPS) is 19.2. The van der Waals surface area contributed by atoms with Gasteiger partial charge < -0.3 is 24.4 Å². The number of rotatable bonds is 6. The van der Waals surface area contributed by atoms with Crippen LogP contribution < -0.4 is 15.6 Å². The quantitative estimate of drug-likeness (QED) is 0.464. The minimum absolute atomic E-state index is 0.0466. The molecule has 2 aromatic heterocycles. The van der Waals surface area contributed by atoms with Crippen LogP contribution in [0, 0.1) is 12.8 Å². The summed E-state index contributed by atoms with van der Waals surface area (Å²) in [7, 11) is 1.60. The summed E-state index contributed by atoms with van der Waals surface area (Å²) in [6.45, 7) is 6.13. The highest BCUT2D eigenvalue weighted by Crippen LogP contribution is 2.31. The minimum Gasteiger partial charge on any atom is -0.494 e. The molecule has 0 saturated carbocycles. The summed E-state index contributed by atoms with van der Waals surface area (Å²) in [6, 6.07) is 9.07. The third-order valence-electron chi connectivity index (χ3n) is 8.20. The van der Waals surface area contributed by atoms with Gasteiger partial charge in [-0.3, -0.25) is 19.2 Å². The largest absolute Gasteiger partial charge is 0.494 e. The number of ether oxygens (including phenoxy) is 1. The summed E-state index contributed by atoms with van der Waals surface area (Å²) in [5.41, 5.74) is 2.43. The maximum atomic E-state index is 13.3. The smallest absolute Gasteiger partial charge is 0.263 e. The van der Waals surface area contributed by atoms with Crippen LogP contribution in [0.1, 0.15) is 59.4 Å². The molecule has 1 N–H and O–H groups in total. The van der Waals surface area contributed by atoms with E-state index < -0.39 is 11.5 Å². The minimum atomic E-state index is -0.416. The summed E-state index contributed by atoms with van der Waals surface area (Å²) in [5, 5.41) is 11.5. The second-order valence-electron chi connectivity index (χ2n) is 11.3. The van der Waals surface area contributed by atoms with Gasteiger partial charge in [0.2, 0.25) is 11.8 Å². The van der Waals surface area contributed by atoms with Crippen molar-refractivity contribution >= 4 is 17.7 Å². The molecular weight excluding hydrogens is 550 g/mol. The molecular formula is C31H39N7O5. The average molecular weight is 590 g/mol. The fourth-order valence-electron chi connectivity index (χ4n) is 5.87. The van der Waals surface area contributed by atoms with Crippen molar-refractivity contribution in [2.75, 3.05) is 39.8 Å². The van der Waals surface area contributed by atoms with Crippen molar-refractivity contribution in [2.45, 2.75) is 52.1 Å². The number of aromatic nitrogens is 4. The molecule has 1 saturated heterocycles. The Morgan fingerprint density at radius 2 is 2.00 bits per heavy atom. The lowest BCUT2D eigenvalue weighted by Gasteiger charge is -2.20. The first kappa shape index (κ1) is 30.0. The molecule has 43 heavy (non-hydrogen) atoms. The SMILES string of the molecule is CCOc1ccc(CCCC(=O)N2C[C@@H]3CC(=O)NCCN(C)C(=O)c4cccn(c4=O)Cc4cn(nn4)[C@@H]3C2)cc1C. The standard InChI is InChI=1S/C31H39N7O5/c1-4-43-27-11-10-22(15-21(27)2)7-5-9-29(40)37-17-23-16-28(39)32-12-14-35(3)30(41)25-8-6-13-36(31(25)42)18-24-19-38(34-33-24)26(23)20-37/h6,8,10-11,13,15,19,23,26H,4-5,7,9,12,14,16-18,20H2,1-3H3,(H,32,39)/t23-,26+/m0/s1. The first-order chi connectivity index (χ1) is 20.7. The molecule has 2 aliphatic rings. The highest BCUT2D eigenvalue weighted by atomic mass is 16.5. The van der Waals surface area contributed by atoms with Gasteiger partial charge in [-0.1, -0.05) is 17.3 Å². The fourth-order valence-corrected chi connectivity index (χ4v) is 5.87. The summed E-state index contributed by atoms with van der Waals surface area (Å²) < 4.78 is 8.78. The van der Waals surface area contributed by atoms with Crippen molar-refractivity contribution in [3.63, 3.8) is 0 Å². The van der Waals surface area contributed by atoms with Crippen LogP contribution in [0.5, 0.6) is 5.75 Å². The van der Waals surface area contributed by atoms with E-state index in [0.29, 0.717) is 38.2 Å². The first-order valence-electron chi connectivity index (χ1n) is 14.9. The van der Waals surface area contributed by atoms with Crippen molar-refractivity contribution in [2.24, 2.45) is 5.92 Å². The summed E-state index contributed by atoms with van der Waals surface area (Å²) in [5.74, 6) is 0.194. The van der Waals surface area contributed by atoms with Gasteiger partial charge in [0.25, 0.3) is 11.5 Å². The second-order valence-corrected chi connectivity index (χ2v) is 11.3. The molecule has 4 bridgehead atoms. The monoisotopic (exact) mass is 589 g/mol. The van der Waals surface area contributed by atoms with Crippen molar-refractivity contribution < 1.29 is 19.1 Å². The fraction of sp³-hybridized carbons (Fsp3) is 0.484. The van der Waals surface area contributed by atoms with Gasteiger partial charge in [-0.05, 0) is 56.0 Å². The number of carbonyl (C=O) groups excluding carboxylic acids is 3. The predicted molar refractivity (Wildman–Crippen MR) is 159 cm³/mol. The Morgan fingerprint density at radius 3 is 2.79 bits per heavy atom. The molecule has 0 radical (unpaired) electrons. The number of hydrogen-bond acceptors (Lipinski definition) is 7. The van der Waals surface area contributed by atoms with Gasteiger partial charge >= 0.3 is 0 Å². The number of nitrogens with zero attached hydrogens (tertiary/aromatic N) is 6. The zero-order valence-corrected chi connectivity index (χ0v) is 25.0. The Morgan fingerprint density at radius 1 is 1.16 bits per heavy atom. The zero-order valence-electron chi connectivity index (χ0n) is 25.0. The second kappa shape index (κ2) is 13.2. The van der Waals surface area contributed by atoms with Crippen molar-refractivity contribution in [1.29, 1.82) is 0 Å². The van der Waals surface area contributed by atoms with E-state index in [2.05, 4.69) is 21.7 Å². The highest BCUT2D eigenvalue weighted by Gasteiger charge is 2.38. The lowest BCUT2D eigenvalue weighted by atomic mass is 9.99. The Hall–Kier alpha value is -4.48. The molecule has 228 valence electrons. The van der Waals surface area contributed by atoms with Gasteiger partial charge in [0.1, 0.15) is 17.0 Å². The van der Waals surface area contributed by atoms with Crippen LogP contribution in [0.2, 0.25) is 0 Å². The molecule has 3 amide bonds. The number of carbonyl (C=O) groups is 3. The lowest BCUT2D eigenvalue weighted by molar-refractivity contribution is -0.130. The molecule has 12 nitrogen and oxygen atoms in total. The molecule has 4 heterocycles. The maximum Gasteiger partial charge on any atom is 0.263 e. The van der Waals surface area contributed by atoms with Crippen LogP contribution in [0.4, 0.5) is 0 Å². The molecule has 0 unspecified atom stereocenters. The maximum absolute atomic E-state index is 13.3. The van der Waals surface area contributed by atoms with E-state index in [1.807, 2.05) is 30.9 Å². The van der Waals surface area contributed by atoms with E-state index in [9.17, 15) is 19.2 Å². The number of pyridine rings is 1. The van der Waals surface area contributed by atoms with Crippen LogP contribution in [-0.2, 0) is 22.6 Å². The van der Waals surface area contributed by atoms with Gasteiger partial charge in [-0.15, -0.1) is 5.10 Å². The first-order valence-corrected chi connectivity index (χ1v) is 14.9. The number of amides is 3. The van der Waals surface area contributed by atoms with Crippen molar-refractivity contribution in [3.8, 4) is 5.75 Å². The van der Waals surface area contributed by atoms with Crippen LogP contribution in [0.15, 0.2) is 47.5 Å². The van der Waals surface area contributed by atoms with Crippen molar-refractivity contribution in [3.05, 3.63) is 75.5 Å². The molecule has 12 heteroatoms. The molecule has 5 rings (SSSR count). The third-order valence-corrected chi connectivity index (χ3v) is 8.20. The number of fused-ring (bicyclic) bond motifs is 6. The lowest BCUT2D eigenvalue weighted by Crippen LogP contribution is -2.39. The Kier molecular flexibility index (Phi) is 9.22. The van der Waals surface area contributed by atoms with E-state index in [0.717, 1.165) is 17.7 Å². The Bertz CT molecular complexity index is 1550. The van der Waals surface area contributed by atoms with E-state index in [1.165, 1.54) is 21.1 Å². The average Bonchev–Trinajstić information content (AvgIpc) is 3.62. The number of benzene rings is 1. The van der Waals surface area contributed by atoms with Crippen LogP contribution in [0.25, 0.3) is 0 Å². The van der Waals surface area contributed by atoms with Crippen LogP contribution in [0.3, 0.4) is 0 Å². The van der Waals surface area contributed by atoms with Gasteiger partial charge in [0.05, 0.1) is 25.4 Å². The number of likely N-dealkylation sites (tertiary alicyclic amines) is 1. The highest BCUT2D eigenvalue weighted by molar-refractivity contribution is 5.93. The number of likely N-dealkylation sites (N-methyl/N-ethyl adjacent to an activating group) is 1. The summed E-state index contributed by atoms with van der Waals surface area (Å²) >= 11 is 0. The van der Waals surface area contributed by atoms with Gasteiger partial charge in [-0.2, -0.15) is 0 Å². The van der Waals surface area contributed by atoms with Gasteiger partial charge in [0.15, 0.2) is 0 Å². The molecule has 0 spiro atoms. The molecule has 2 aliphatic heterocycles. The van der Waals surface area contributed by atoms with E-state index in [1.54, 1.807) is 30.2 Å². The van der Waals surface area contributed by atoms with Crippen LogP contribution >= 0.6 is 0 Å². The Balaban J connectivity index is 1.29. The van der Waals surface area contributed by atoms with Crippen LogP contribution in [-0.4, -0.2) is 86.9 Å². The molecule has 1 fully saturated rings. The molecule has 3 aromatic rings. The number of hydrogen-bond donors (Lipinski definition) is 1. The van der Waals surface area contributed by atoms with Gasteiger partial charge in [-0.25, -0.2) is 4.68 Å². The van der Waals surface area contributed by atoms with Gasteiger partial charge in [0, 0.05) is 58.2 Å².